The highest BCUT2D eigenvalue weighted by Crippen LogP contribution is 2.16. The summed E-state index contributed by atoms with van der Waals surface area (Å²) in [6.45, 7) is 1.81. The highest BCUT2D eigenvalue weighted by molar-refractivity contribution is 5.37. The third-order valence-corrected chi connectivity index (χ3v) is 2.99. The molecule has 0 aromatic carbocycles. The van der Waals surface area contributed by atoms with Crippen molar-refractivity contribution in [3.05, 3.63) is 18.3 Å². The number of ether oxygens (including phenoxy) is 1. The number of halogens is 2. The fourth-order valence-electron chi connectivity index (χ4n) is 1.42. The Hall–Kier alpha value is -1.43. The van der Waals surface area contributed by atoms with Gasteiger partial charge in [-0.25, -0.2) is 4.98 Å². The molecule has 0 saturated carbocycles. The van der Waals surface area contributed by atoms with E-state index < -0.39 is 6.61 Å². The minimum atomic E-state index is -2.83. The van der Waals surface area contributed by atoms with Gasteiger partial charge in [-0.05, 0) is 25.0 Å². The van der Waals surface area contributed by atoms with E-state index in [1.54, 1.807) is 6.07 Å². The van der Waals surface area contributed by atoms with E-state index >= 15 is 0 Å². The van der Waals surface area contributed by atoms with Gasteiger partial charge in [0.05, 0.1) is 6.20 Å². The number of alkyl halides is 2. The molecule has 6 heteroatoms. The number of pyridine rings is 1. The van der Waals surface area contributed by atoms with Gasteiger partial charge >= 0.3 is 6.61 Å². The Kier molecular flexibility index (Phi) is 5.27. The molecule has 0 saturated heterocycles. The lowest BCUT2D eigenvalue weighted by atomic mass is 9.94. The van der Waals surface area contributed by atoms with Crippen LogP contribution < -0.4 is 15.8 Å². The van der Waals surface area contributed by atoms with Crippen LogP contribution in [0.4, 0.5) is 14.6 Å². The topological polar surface area (TPSA) is 60.2 Å². The average Bonchev–Trinajstić information content (AvgIpc) is 2.37. The van der Waals surface area contributed by atoms with E-state index in [1.165, 1.54) is 12.3 Å². The van der Waals surface area contributed by atoms with E-state index in [4.69, 9.17) is 5.73 Å². The molecule has 0 radical (unpaired) electrons. The van der Waals surface area contributed by atoms with Crippen molar-refractivity contribution in [2.75, 3.05) is 11.9 Å². The second kappa shape index (κ2) is 6.49. The van der Waals surface area contributed by atoms with Crippen molar-refractivity contribution in [3.63, 3.8) is 0 Å². The van der Waals surface area contributed by atoms with Crippen LogP contribution in [-0.2, 0) is 0 Å². The van der Waals surface area contributed by atoms with Crippen LogP contribution in [0.25, 0.3) is 0 Å². The highest BCUT2D eigenvalue weighted by Gasteiger charge is 2.19. The number of nitrogens with one attached hydrogen (secondary N) is 1. The van der Waals surface area contributed by atoms with E-state index in [-0.39, 0.29) is 11.3 Å². The summed E-state index contributed by atoms with van der Waals surface area (Å²) in [5.41, 5.74) is 5.85. The van der Waals surface area contributed by atoms with Crippen LogP contribution >= 0.6 is 0 Å². The molecule has 0 fully saturated rings. The number of rotatable bonds is 7. The fraction of sp³-hybridized carbons (Fsp3) is 0.583. The van der Waals surface area contributed by atoms with E-state index in [0.717, 1.165) is 12.8 Å². The normalized spacial score (nSPS) is 11.7. The number of aromatic nitrogens is 1. The predicted octanol–water partition coefficient (Wildman–Crippen LogP) is 2.61. The molecule has 18 heavy (non-hydrogen) atoms. The van der Waals surface area contributed by atoms with Gasteiger partial charge in [0.2, 0.25) is 0 Å². The molecule has 0 bridgehead atoms. The van der Waals surface area contributed by atoms with E-state index in [0.29, 0.717) is 12.4 Å². The van der Waals surface area contributed by atoms with Crippen LogP contribution in [0.1, 0.15) is 26.7 Å². The fourth-order valence-corrected chi connectivity index (χ4v) is 1.42. The van der Waals surface area contributed by atoms with Gasteiger partial charge in [0.1, 0.15) is 11.6 Å². The lowest BCUT2D eigenvalue weighted by Gasteiger charge is -2.27. The van der Waals surface area contributed by atoms with Crippen molar-refractivity contribution < 1.29 is 13.5 Å². The van der Waals surface area contributed by atoms with Crippen molar-refractivity contribution in [1.82, 2.24) is 4.98 Å². The molecule has 0 aliphatic heterocycles. The first-order valence-corrected chi connectivity index (χ1v) is 5.92. The van der Waals surface area contributed by atoms with Crippen LogP contribution in [0.15, 0.2) is 18.3 Å². The van der Waals surface area contributed by atoms with Crippen LogP contribution in [0, 0.1) is 0 Å². The SMILES string of the molecule is CCC(N)(CC)CNc1ccc(OC(F)F)cn1. The lowest BCUT2D eigenvalue weighted by molar-refractivity contribution is -0.0500. The van der Waals surface area contributed by atoms with Gasteiger partial charge in [-0.15, -0.1) is 0 Å². The minimum absolute atomic E-state index is 0.0422. The number of anilines is 1. The van der Waals surface area contributed by atoms with E-state index in [2.05, 4.69) is 15.0 Å². The zero-order chi connectivity index (χ0) is 13.6. The van der Waals surface area contributed by atoms with Crippen LogP contribution in [-0.4, -0.2) is 23.7 Å². The second-order valence-electron chi connectivity index (χ2n) is 4.18. The third kappa shape index (κ3) is 4.44. The second-order valence-corrected chi connectivity index (χ2v) is 4.18. The molecule has 1 aromatic rings. The van der Waals surface area contributed by atoms with Crippen LogP contribution in [0.2, 0.25) is 0 Å². The molecule has 0 amide bonds. The molecule has 0 atom stereocenters. The Balaban J connectivity index is 2.53. The van der Waals surface area contributed by atoms with Gasteiger partial charge in [0.15, 0.2) is 0 Å². The summed E-state index contributed by atoms with van der Waals surface area (Å²) in [7, 11) is 0. The molecule has 0 unspecified atom stereocenters. The monoisotopic (exact) mass is 259 g/mol. The maximum absolute atomic E-state index is 11.9. The van der Waals surface area contributed by atoms with Gasteiger partial charge in [-0.3, -0.25) is 0 Å². The summed E-state index contributed by atoms with van der Waals surface area (Å²) in [6.07, 6.45) is 2.96. The molecule has 0 spiro atoms. The predicted molar refractivity (Wildman–Crippen MR) is 66.9 cm³/mol. The van der Waals surface area contributed by atoms with Crippen LogP contribution in [0.5, 0.6) is 5.75 Å². The standard InChI is InChI=1S/C12H19F2N3O/c1-3-12(15,4-2)8-17-10-6-5-9(7-16-10)18-11(13)14/h5-7,11H,3-4,8,15H2,1-2H3,(H,16,17). The zero-order valence-electron chi connectivity index (χ0n) is 10.6. The van der Waals surface area contributed by atoms with Crippen molar-refractivity contribution in [2.45, 2.75) is 38.8 Å². The first-order valence-electron chi connectivity index (χ1n) is 5.92. The third-order valence-electron chi connectivity index (χ3n) is 2.99. The molecule has 1 heterocycles. The molecule has 0 aliphatic rings. The van der Waals surface area contributed by atoms with Gasteiger partial charge < -0.3 is 15.8 Å². The van der Waals surface area contributed by atoms with Crippen molar-refractivity contribution in [3.8, 4) is 5.75 Å². The molecular formula is C12H19F2N3O. The Morgan fingerprint density at radius 2 is 2.06 bits per heavy atom. The number of nitrogens with two attached hydrogens (primary N) is 1. The highest BCUT2D eigenvalue weighted by atomic mass is 19.3. The average molecular weight is 259 g/mol. The zero-order valence-corrected chi connectivity index (χ0v) is 10.6. The first-order chi connectivity index (χ1) is 8.49. The first kappa shape index (κ1) is 14.6. The molecule has 1 aromatic heterocycles. The van der Waals surface area contributed by atoms with Crippen LogP contribution in [0.3, 0.4) is 0 Å². The molecule has 0 aliphatic carbocycles. The molecule has 4 nitrogen and oxygen atoms in total. The Morgan fingerprint density at radius 3 is 2.50 bits per heavy atom. The summed E-state index contributed by atoms with van der Waals surface area (Å²) >= 11 is 0. The maximum Gasteiger partial charge on any atom is 0.387 e. The largest absolute Gasteiger partial charge is 0.433 e. The molecular weight excluding hydrogens is 240 g/mol. The quantitative estimate of drug-likeness (QED) is 0.790. The van der Waals surface area contributed by atoms with Gasteiger partial charge in [0.25, 0.3) is 0 Å². The summed E-state index contributed by atoms with van der Waals surface area (Å²) < 4.78 is 28.1. The van der Waals surface area contributed by atoms with Crippen molar-refractivity contribution in [1.29, 1.82) is 0 Å². The number of hydrogen-bond donors (Lipinski definition) is 2. The van der Waals surface area contributed by atoms with Gasteiger partial charge in [0, 0.05) is 12.1 Å². The Bertz CT molecular complexity index is 353. The smallest absolute Gasteiger partial charge is 0.387 e. The van der Waals surface area contributed by atoms with Gasteiger partial charge in [-0.1, -0.05) is 13.8 Å². The Labute approximate surface area is 106 Å². The van der Waals surface area contributed by atoms with Crippen molar-refractivity contribution in [2.24, 2.45) is 5.73 Å². The summed E-state index contributed by atoms with van der Waals surface area (Å²) in [5, 5.41) is 3.09. The number of nitrogens with zero attached hydrogens (tertiary/aromatic N) is 1. The van der Waals surface area contributed by atoms with Gasteiger partial charge in [-0.2, -0.15) is 8.78 Å². The summed E-state index contributed by atoms with van der Waals surface area (Å²) in [6, 6.07) is 3.03. The van der Waals surface area contributed by atoms with Crippen molar-refractivity contribution >= 4 is 5.82 Å². The molecule has 102 valence electrons. The summed E-state index contributed by atoms with van der Waals surface area (Å²) in [4.78, 5) is 3.98. The lowest BCUT2D eigenvalue weighted by Crippen LogP contribution is -2.45. The number of hydrogen-bond acceptors (Lipinski definition) is 4. The Morgan fingerprint density at radius 1 is 1.39 bits per heavy atom. The molecule has 1 rings (SSSR count). The minimum Gasteiger partial charge on any atom is -0.433 e. The van der Waals surface area contributed by atoms with E-state index in [1.807, 2.05) is 13.8 Å². The van der Waals surface area contributed by atoms with E-state index in [9.17, 15) is 8.78 Å². The molecule has 3 N–H and O–H groups in total. The maximum atomic E-state index is 11.9. The summed E-state index contributed by atoms with van der Waals surface area (Å²) in [5.74, 6) is 0.633.